The Kier molecular flexibility index (Phi) is 5.78. The van der Waals surface area contributed by atoms with Crippen LogP contribution in [0.1, 0.15) is 37.4 Å². The van der Waals surface area contributed by atoms with Gasteiger partial charge in [-0.2, -0.15) is 4.31 Å². The van der Waals surface area contributed by atoms with E-state index in [4.69, 9.17) is 9.15 Å². The number of ether oxygens (including phenoxy) is 1. The number of sulfonamides is 1. The molecule has 1 saturated heterocycles. The van der Waals surface area contributed by atoms with E-state index in [0.29, 0.717) is 55.0 Å². The third-order valence-corrected chi connectivity index (χ3v) is 6.85. The van der Waals surface area contributed by atoms with Gasteiger partial charge in [0.15, 0.2) is 0 Å². The molecule has 0 amide bonds. The van der Waals surface area contributed by atoms with Gasteiger partial charge in [-0.05, 0) is 51.0 Å². The van der Waals surface area contributed by atoms with E-state index in [0.717, 1.165) is 6.42 Å². The van der Waals surface area contributed by atoms with E-state index in [1.165, 1.54) is 4.31 Å². The topological polar surface area (TPSA) is 111 Å². The van der Waals surface area contributed by atoms with Crippen LogP contribution >= 0.6 is 0 Å². The first kappa shape index (κ1) is 20.4. The predicted octanol–water partition coefficient (Wildman–Crippen LogP) is 2.80. The zero-order valence-electron chi connectivity index (χ0n) is 16.9. The molecule has 0 spiro atoms. The maximum Gasteiger partial charge on any atom is 0.250 e. The van der Waals surface area contributed by atoms with Crippen molar-refractivity contribution < 1.29 is 17.6 Å². The van der Waals surface area contributed by atoms with Crippen molar-refractivity contribution in [2.24, 2.45) is 0 Å². The summed E-state index contributed by atoms with van der Waals surface area (Å²) in [4.78, 5) is 8.52. The lowest BCUT2D eigenvalue weighted by Crippen LogP contribution is -2.39. The Morgan fingerprint density at radius 2 is 1.90 bits per heavy atom. The summed E-state index contributed by atoms with van der Waals surface area (Å²) in [5.41, 5.74) is 0.633. The van der Waals surface area contributed by atoms with Crippen molar-refractivity contribution in [3.05, 3.63) is 48.4 Å². The van der Waals surface area contributed by atoms with Crippen LogP contribution in [0.3, 0.4) is 0 Å². The molecule has 3 heterocycles. The van der Waals surface area contributed by atoms with Crippen LogP contribution in [-0.4, -0.2) is 52.6 Å². The summed E-state index contributed by atoms with van der Waals surface area (Å²) in [6.45, 7) is 4.96. The second kappa shape index (κ2) is 8.49. The maximum atomic E-state index is 13.1. The molecule has 0 N–H and O–H groups in total. The van der Waals surface area contributed by atoms with E-state index in [-0.39, 0.29) is 10.8 Å². The zero-order chi connectivity index (χ0) is 21.1. The van der Waals surface area contributed by atoms with Gasteiger partial charge in [0, 0.05) is 25.5 Å². The van der Waals surface area contributed by atoms with Crippen molar-refractivity contribution in [3.63, 3.8) is 0 Å². The van der Waals surface area contributed by atoms with E-state index in [1.54, 1.807) is 43.6 Å². The van der Waals surface area contributed by atoms with Gasteiger partial charge in [-0.3, -0.25) is 0 Å². The standard InChI is InChI=1S/C20H23N5O4S/c1-3-28-17-6-8-18(9-7-17)30(26,27)25-10-4-5-15(13-25)19-23-24-20(29-19)16-11-21-14(2)22-12-16/h6-9,11-12,15H,3-5,10,13H2,1-2H3. The summed E-state index contributed by atoms with van der Waals surface area (Å²) in [6, 6.07) is 6.50. The van der Waals surface area contributed by atoms with Crippen LogP contribution in [0.2, 0.25) is 0 Å². The van der Waals surface area contributed by atoms with Crippen molar-refractivity contribution >= 4 is 10.0 Å². The minimum atomic E-state index is -3.62. The van der Waals surface area contributed by atoms with Gasteiger partial charge in [0.05, 0.1) is 23.0 Å². The highest BCUT2D eigenvalue weighted by atomic mass is 32.2. The maximum absolute atomic E-state index is 13.1. The van der Waals surface area contributed by atoms with Gasteiger partial charge in [0.25, 0.3) is 5.89 Å². The second-order valence-corrected chi connectivity index (χ2v) is 9.01. The number of aromatic nitrogens is 4. The van der Waals surface area contributed by atoms with E-state index in [9.17, 15) is 8.42 Å². The third kappa shape index (κ3) is 4.19. The van der Waals surface area contributed by atoms with Crippen LogP contribution in [0.5, 0.6) is 5.75 Å². The SMILES string of the molecule is CCOc1ccc(S(=O)(=O)N2CCCC(c3nnc(-c4cnc(C)nc4)o3)C2)cc1. The number of benzene rings is 1. The smallest absolute Gasteiger partial charge is 0.250 e. The number of nitrogens with zero attached hydrogens (tertiary/aromatic N) is 5. The number of piperidine rings is 1. The third-order valence-electron chi connectivity index (χ3n) is 4.97. The molecule has 1 atom stereocenters. The molecule has 1 aliphatic rings. The average molecular weight is 430 g/mol. The van der Waals surface area contributed by atoms with Gasteiger partial charge < -0.3 is 9.15 Å². The first-order chi connectivity index (χ1) is 14.5. The summed E-state index contributed by atoms with van der Waals surface area (Å²) >= 11 is 0. The fourth-order valence-electron chi connectivity index (χ4n) is 3.41. The van der Waals surface area contributed by atoms with Crippen LogP contribution in [0, 0.1) is 6.92 Å². The second-order valence-electron chi connectivity index (χ2n) is 7.07. The monoisotopic (exact) mass is 429 g/mol. The number of hydrogen-bond acceptors (Lipinski definition) is 8. The van der Waals surface area contributed by atoms with Gasteiger partial charge in [-0.1, -0.05) is 0 Å². The molecule has 0 bridgehead atoms. The molecule has 1 aromatic carbocycles. The Morgan fingerprint density at radius 3 is 2.60 bits per heavy atom. The lowest BCUT2D eigenvalue weighted by atomic mass is 10.00. The quantitative estimate of drug-likeness (QED) is 0.588. The summed E-state index contributed by atoms with van der Waals surface area (Å²) in [7, 11) is -3.62. The molecule has 1 unspecified atom stereocenters. The van der Waals surface area contributed by atoms with Crippen LogP contribution in [0.15, 0.2) is 46.0 Å². The summed E-state index contributed by atoms with van der Waals surface area (Å²) in [5.74, 6) is 1.89. The summed E-state index contributed by atoms with van der Waals surface area (Å²) in [6.07, 6.45) is 4.75. The first-order valence-electron chi connectivity index (χ1n) is 9.83. The fourth-order valence-corrected chi connectivity index (χ4v) is 4.93. The first-order valence-corrected chi connectivity index (χ1v) is 11.3. The molecule has 2 aromatic heterocycles. The largest absolute Gasteiger partial charge is 0.494 e. The molecule has 3 aromatic rings. The highest BCUT2D eigenvalue weighted by molar-refractivity contribution is 7.89. The molecule has 4 rings (SSSR count). The van der Waals surface area contributed by atoms with Gasteiger partial charge in [0.1, 0.15) is 11.6 Å². The summed E-state index contributed by atoms with van der Waals surface area (Å²) < 4.78 is 38.9. The molecule has 9 nitrogen and oxygen atoms in total. The number of aryl methyl sites for hydroxylation is 1. The minimum Gasteiger partial charge on any atom is -0.494 e. The number of hydrogen-bond donors (Lipinski definition) is 0. The van der Waals surface area contributed by atoms with E-state index >= 15 is 0 Å². The van der Waals surface area contributed by atoms with Crippen LogP contribution in [0.25, 0.3) is 11.5 Å². The van der Waals surface area contributed by atoms with Gasteiger partial charge >= 0.3 is 0 Å². The molecule has 10 heteroatoms. The van der Waals surface area contributed by atoms with Crippen molar-refractivity contribution in [2.45, 2.75) is 37.5 Å². The van der Waals surface area contributed by atoms with Crippen molar-refractivity contribution in [1.82, 2.24) is 24.5 Å². The van der Waals surface area contributed by atoms with Crippen LogP contribution in [0.4, 0.5) is 0 Å². The molecule has 158 valence electrons. The van der Waals surface area contributed by atoms with E-state index < -0.39 is 10.0 Å². The van der Waals surface area contributed by atoms with Crippen molar-refractivity contribution in [2.75, 3.05) is 19.7 Å². The molecule has 0 aliphatic carbocycles. The average Bonchev–Trinajstić information content (AvgIpc) is 3.25. The molecule has 0 radical (unpaired) electrons. The van der Waals surface area contributed by atoms with Crippen LogP contribution < -0.4 is 4.74 Å². The summed E-state index contributed by atoms with van der Waals surface area (Å²) in [5, 5.41) is 8.24. The molecular formula is C20H23N5O4S. The van der Waals surface area contributed by atoms with Crippen molar-refractivity contribution in [3.8, 4) is 17.2 Å². The Balaban J connectivity index is 1.51. The molecule has 30 heavy (non-hydrogen) atoms. The van der Waals surface area contributed by atoms with Crippen LogP contribution in [-0.2, 0) is 10.0 Å². The van der Waals surface area contributed by atoms with Gasteiger partial charge in [-0.25, -0.2) is 18.4 Å². The van der Waals surface area contributed by atoms with E-state index in [2.05, 4.69) is 20.2 Å². The fraction of sp³-hybridized carbons (Fsp3) is 0.400. The lowest BCUT2D eigenvalue weighted by molar-refractivity contribution is 0.286. The van der Waals surface area contributed by atoms with E-state index in [1.807, 2.05) is 6.92 Å². The highest BCUT2D eigenvalue weighted by Crippen LogP contribution is 2.31. The Bertz CT molecular complexity index is 1100. The Hall–Kier alpha value is -2.85. The molecule has 1 fully saturated rings. The van der Waals surface area contributed by atoms with Gasteiger partial charge in [0.2, 0.25) is 15.9 Å². The molecule has 0 saturated carbocycles. The normalized spacial score (nSPS) is 17.7. The zero-order valence-corrected chi connectivity index (χ0v) is 17.7. The Labute approximate surface area is 175 Å². The molecule has 1 aliphatic heterocycles. The lowest BCUT2D eigenvalue weighted by Gasteiger charge is -2.30. The van der Waals surface area contributed by atoms with Crippen molar-refractivity contribution in [1.29, 1.82) is 0 Å². The Morgan fingerprint density at radius 1 is 1.17 bits per heavy atom. The predicted molar refractivity (Wildman–Crippen MR) is 108 cm³/mol. The molecular weight excluding hydrogens is 406 g/mol. The minimum absolute atomic E-state index is 0.163. The van der Waals surface area contributed by atoms with Gasteiger partial charge in [-0.15, -0.1) is 10.2 Å². The highest BCUT2D eigenvalue weighted by Gasteiger charge is 2.33. The number of rotatable bonds is 6.